The fraction of sp³-hybridized carbons (Fsp3) is 0.364. The van der Waals surface area contributed by atoms with Crippen LogP contribution >= 0.6 is 7.60 Å². The van der Waals surface area contributed by atoms with Crippen molar-refractivity contribution in [3.8, 4) is 0 Å². The molecule has 0 heterocycles. The largest absolute Gasteiger partial charge is 0.480 e. The molecule has 1 rings (SSSR count). The zero-order valence-corrected chi connectivity index (χ0v) is 11.8. The molecule has 21 heavy (non-hydrogen) atoms. The van der Waals surface area contributed by atoms with Gasteiger partial charge >= 0.3 is 13.6 Å². The molecule has 0 aliphatic heterocycles. The lowest BCUT2D eigenvalue weighted by Gasteiger charge is -2.12. The zero-order chi connectivity index (χ0) is 16.2. The molecular weight excluding hydrogens is 303 g/mol. The van der Waals surface area contributed by atoms with Crippen LogP contribution < -0.4 is 5.73 Å². The third kappa shape index (κ3) is 5.60. The number of non-ortho nitro benzene ring substituents is 1. The predicted octanol–water partition coefficient (Wildman–Crippen LogP) is 0.269. The average molecular weight is 318 g/mol. The molecule has 0 amide bonds. The highest BCUT2D eigenvalue weighted by atomic mass is 31.2. The van der Waals surface area contributed by atoms with Crippen molar-refractivity contribution in [1.82, 2.24) is 0 Å². The van der Waals surface area contributed by atoms with E-state index >= 15 is 0 Å². The minimum atomic E-state index is -4.26. The lowest BCUT2D eigenvalue weighted by Crippen LogP contribution is -2.32. The number of benzene rings is 1. The summed E-state index contributed by atoms with van der Waals surface area (Å²) in [6.07, 6.45) is -0.666. The van der Waals surface area contributed by atoms with Crippen molar-refractivity contribution in [2.45, 2.75) is 18.9 Å². The molecule has 0 aliphatic rings. The molecule has 116 valence electrons. The first kappa shape index (κ1) is 17.3. The third-order valence-electron chi connectivity index (χ3n) is 2.83. The predicted molar refractivity (Wildman–Crippen MR) is 73.0 cm³/mol. The lowest BCUT2D eigenvalue weighted by atomic mass is 9.98. The first-order chi connectivity index (χ1) is 9.60. The fourth-order valence-electron chi connectivity index (χ4n) is 1.75. The van der Waals surface area contributed by atoms with Crippen molar-refractivity contribution in [3.63, 3.8) is 0 Å². The van der Waals surface area contributed by atoms with Gasteiger partial charge in [0.1, 0.15) is 6.04 Å². The van der Waals surface area contributed by atoms with E-state index in [0.29, 0.717) is 11.1 Å². The lowest BCUT2D eigenvalue weighted by molar-refractivity contribution is -0.384. The topological polar surface area (TPSA) is 164 Å². The van der Waals surface area contributed by atoms with Gasteiger partial charge in [-0.15, -0.1) is 0 Å². The second kappa shape index (κ2) is 6.77. The maximum Gasteiger partial charge on any atom is 0.325 e. The molecule has 9 nitrogen and oxygen atoms in total. The summed E-state index contributed by atoms with van der Waals surface area (Å²) in [4.78, 5) is 38.6. The van der Waals surface area contributed by atoms with Crippen LogP contribution in [0.3, 0.4) is 0 Å². The van der Waals surface area contributed by atoms with Crippen LogP contribution in [0.2, 0.25) is 0 Å². The van der Waals surface area contributed by atoms with E-state index in [9.17, 15) is 19.5 Å². The van der Waals surface area contributed by atoms with Crippen LogP contribution in [0.1, 0.15) is 11.1 Å². The Hall–Kier alpha value is -1.80. The van der Waals surface area contributed by atoms with E-state index in [0.717, 1.165) is 0 Å². The number of nitro benzene ring substituents is 1. The molecule has 0 aliphatic carbocycles. The maximum atomic E-state index is 10.9. The molecule has 10 heteroatoms. The normalized spacial score (nSPS) is 12.9. The minimum Gasteiger partial charge on any atom is -0.480 e. The first-order valence-electron chi connectivity index (χ1n) is 5.89. The molecule has 1 aromatic carbocycles. The second-order valence-electron chi connectivity index (χ2n) is 4.50. The number of nitrogens with two attached hydrogens (primary N) is 1. The summed E-state index contributed by atoms with van der Waals surface area (Å²) in [6.45, 7) is 0. The molecule has 1 atom stereocenters. The summed E-state index contributed by atoms with van der Waals surface area (Å²) in [5.74, 6) is -1.23. The zero-order valence-electron chi connectivity index (χ0n) is 10.9. The standard InChI is InChI=1S/C11H15N2O7P/c12-10(11(14)15)6-7-1-2-9(13(16)17)5-8(7)3-4-21(18,19)20/h1-2,5,10H,3-4,6,12H2,(H,14,15)(H2,18,19,20)/t10-/m0/s1. The summed E-state index contributed by atoms with van der Waals surface area (Å²) in [6, 6.07) is 2.54. The number of aryl methyl sites for hydroxylation is 1. The van der Waals surface area contributed by atoms with E-state index in [1.807, 2.05) is 0 Å². The van der Waals surface area contributed by atoms with Crippen LogP contribution in [0, 0.1) is 10.1 Å². The van der Waals surface area contributed by atoms with Gasteiger partial charge in [-0.25, -0.2) is 0 Å². The molecule has 0 unspecified atom stereocenters. The Morgan fingerprint density at radius 3 is 2.48 bits per heavy atom. The number of rotatable bonds is 7. The third-order valence-corrected chi connectivity index (χ3v) is 3.64. The van der Waals surface area contributed by atoms with Crippen LogP contribution in [0.4, 0.5) is 5.69 Å². The van der Waals surface area contributed by atoms with Crippen molar-refractivity contribution in [2.24, 2.45) is 5.73 Å². The van der Waals surface area contributed by atoms with Crippen LogP contribution in [0.25, 0.3) is 0 Å². The van der Waals surface area contributed by atoms with Gasteiger partial charge in [0, 0.05) is 12.1 Å². The SMILES string of the molecule is N[C@@H](Cc1ccc([N+](=O)[O-])cc1CCP(=O)(O)O)C(=O)O. The molecule has 1 aromatic rings. The molecule has 0 saturated heterocycles. The van der Waals surface area contributed by atoms with Gasteiger partial charge in [-0.3, -0.25) is 19.5 Å². The smallest absolute Gasteiger partial charge is 0.325 e. The summed E-state index contributed by atoms with van der Waals surface area (Å²) >= 11 is 0. The van der Waals surface area contributed by atoms with Gasteiger partial charge in [0.05, 0.1) is 11.1 Å². The van der Waals surface area contributed by atoms with Crippen molar-refractivity contribution >= 4 is 19.3 Å². The number of carboxylic acids is 1. The van der Waals surface area contributed by atoms with Gasteiger partial charge in [0.25, 0.3) is 5.69 Å². The van der Waals surface area contributed by atoms with Crippen molar-refractivity contribution < 1.29 is 29.2 Å². The number of hydrogen-bond acceptors (Lipinski definition) is 5. The highest BCUT2D eigenvalue weighted by Gasteiger charge is 2.19. The van der Waals surface area contributed by atoms with Crippen LogP contribution in [0.15, 0.2) is 18.2 Å². The number of hydrogen-bond donors (Lipinski definition) is 4. The summed E-state index contributed by atoms with van der Waals surface area (Å²) in [5, 5.41) is 19.5. The number of carboxylic acid groups (broad SMARTS) is 1. The molecule has 0 spiro atoms. The molecule has 5 N–H and O–H groups in total. The van der Waals surface area contributed by atoms with Crippen LogP contribution in [-0.4, -0.2) is 38.0 Å². The van der Waals surface area contributed by atoms with Crippen molar-refractivity contribution in [1.29, 1.82) is 0 Å². The minimum absolute atomic E-state index is 0.0795. The first-order valence-corrected chi connectivity index (χ1v) is 7.69. The quantitative estimate of drug-likeness (QED) is 0.316. The van der Waals surface area contributed by atoms with Crippen LogP contribution in [0.5, 0.6) is 0 Å². The van der Waals surface area contributed by atoms with Gasteiger partial charge in [-0.05, 0) is 24.0 Å². The Kier molecular flexibility index (Phi) is 5.56. The maximum absolute atomic E-state index is 10.9. The number of nitrogens with zero attached hydrogens (tertiary/aromatic N) is 1. The van der Waals surface area contributed by atoms with E-state index in [1.54, 1.807) is 0 Å². The highest BCUT2D eigenvalue weighted by molar-refractivity contribution is 7.51. The van der Waals surface area contributed by atoms with Crippen molar-refractivity contribution in [3.05, 3.63) is 39.4 Å². The van der Waals surface area contributed by atoms with Gasteiger partial charge in [-0.1, -0.05) is 6.07 Å². The molecule has 0 bridgehead atoms. The van der Waals surface area contributed by atoms with E-state index in [1.165, 1.54) is 18.2 Å². The molecule has 0 aromatic heterocycles. The van der Waals surface area contributed by atoms with Crippen LogP contribution in [-0.2, 0) is 22.2 Å². The van der Waals surface area contributed by atoms with E-state index < -0.39 is 30.7 Å². The van der Waals surface area contributed by atoms with Gasteiger partial charge in [0.2, 0.25) is 0 Å². The van der Waals surface area contributed by atoms with E-state index in [2.05, 4.69) is 0 Å². The van der Waals surface area contributed by atoms with E-state index in [4.69, 9.17) is 20.6 Å². The highest BCUT2D eigenvalue weighted by Crippen LogP contribution is 2.35. The van der Waals surface area contributed by atoms with E-state index in [-0.39, 0.29) is 18.5 Å². The number of aliphatic carboxylic acids is 1. The molecule has 0 saturated carbocycles. The Morgan fingerprint density at radius 1 is 1.38 bits per heavy atom. The fourth-order valence-corrected chi connectivity index (χ4v) is 2.28. The Labute approximate surface area is 119 Å². The average Bonchev–Trinajstić information content (AvgIpc) is 2.36. The summed E-state index contributed by atoms with van der Waals surface area (Å²) in [5.41, 5.74) is 5.91. The molecular formula is C11H15N2O7P. The van der Waals surface area contributed by atoms with Gasteiger partial charge in [-0.2, -0.15) is 0 Å². The Bertz CT molecular complexity index is 598. The second-order valence-corrected chi connectivity index (χ2v) is 6.27. The molecule has 0 radical (unpaired) electrons. The Morgan fingerprint density at radius 2 is 2.00 bits per heavy atom. The monoisotopic (exact) mass is 318 g/mol. The number of nitro groups is 1. The van der Waals surface area contributed by atoms with Gasteiger partial charge in [0.15, 0.2) is 0 Å². The molecule has 0 fully saturated rings. The number of carbonyl (C=O) groups is 1. The van der Waals surface area contributed by atoms with Gasteiger partial charge < -0.3 is 20.6 Å². The summed E-state index contributed by atoms with van der Waals surface area (Å²) < 4.78 is 10.9. The summed E-state index contributed by atoms with van der Waals surface area (Å²) in [7, 11) is -4.26. The Balaban J connectivity index is 3.07. The van der Waals surface area contributed by atoms with Crippen molar-refractivity contribution in [2.75, 3.05) is 6.16 Å².